The van der Waals surface area contributed by atoms with Crippen LogP contribution in [0.15, 0.2) is 36.4 Å². The number of fused-ring (bicyclic) bond motifs is 2. The minimum atomic E-state index is -0.706. The first-order valence-electron chi connectivity index (χ1n) is 12.3. The Kier molecular flexibility index (Phi) is 6.09. The molecule has 0 saturated carbocycles. The van der Waals surface area contributed by atoms with Crippen LogP contribution in [0.2, 0.25) is 10.2 Å². The Morgan fingerprint density at radius 2 is 1.85 bits per heavy atom. The van der Waals surface area contributed by atoms with Crippen LogP contribution in [0.25, 0.3) is 33.2 Å². The van der Waals surface area contributed by atoms with Gasteiger partial charge in [-0.25, -0.2) is 4.98 Å². The molecule has 1 aliphatic heterocycles. The highest BCUT2D eigenvalue weighted by molar-refractivity contribution is 6.43. The summed E-state index contributed by atoms with van der Waals surface area (Å²) in [6.07, 6.45) is 1.27. The van der Waals surface area contributed by atoms with Gasteiger partial charge in [0.05, 0.1) is 28.4 Å². The number of H-pyrrole nitrogens is 1. The number of hydrogen-bond donors (Lipinski definition) is 3. The van der Waals surface area contributed by atoms with Crippen molar-refractivity contribution in [3.8, 4) is 17.0 Å². The molecular weight excluding hydrogens is 541 g/mol. The Morgan fingerprint density at radius 3 is 2.56 bits per heavy atom. The van der Waals surface area contributed by atoms with Gasteiger partial charge in [-0.2, -0.15) is 15.2 Å². The number of para-hydroxylation sites is 1. The van der Waals surface area contributed by atoms with Gasteiger partial charge < -0.3 is 21.1 Å². The molecule has 0 aliphatic carbocycles. The number of nitrogens with two attached hydrogens (primary N) is 2. The summed E-state index contributed by atoms with van der Waals surface area (Å²) in [7, 11) is 3.37. The van der Waals surface area contributed by atoms with Crippen molar-refractivity contribution >= 4 is 57.0 Å². The Bertz CT molecular complexity index is 1760. The van der Waals surface area contributed by atoms with E-state index in [9.17, 15) is 4.79 Å². The number of benzene rings is 2. The molecule has 1 aliphatic rings. The first-order valence-corrected chi connectivity index (χ1v) is 13.0. The number of anilines is 1. The standard InChI is InChI=1S/C26H25Cl2N9O2/c1-36-22(28)17-15(35-36)8-7-13(19(17)27)20-18-21(23(29)38)31-25(32-24(18)34-33-20)37-11-9-26(30,10-12-37)14-5-3-4-6-16(14)39-2/h3-8H,9-12,30H2,1-2H3,(H2,29,38)(H,31,32,33,34). The third-order valence-corrected chi connectivity index (χ3v) is 8.17. The third-order valence-electron chi connectivity index (χ3n) is 7.35. The maximum atomic E-state index is 12.6. The van der Waals surface area contributed by atoms with Crippen LogP contribution in [0.4, 0.5) is 5.95 Å². The zero-order valence-electron chi connectivity index (χ0n) is 21.2. The summed E-state index contributed by atoms with van der Waals surface area (Å²) in [6.45, 7) is 1.14. The maximum Gasteiger partial charge on any atom is 0.268 e. The second-order valence-electron chi connectivity index (χ2n) is 9.61. The summed E-state index contributed by atoms with van der Waals surface area (Å²) >= 11 is 13.2. The number of nitrogens with one attached hydrogen (secondary N) is 1. The van der Waals surface area contributed by atoms with E-state index in [0.717, 1.165) is 11.3 Å². The fourth-order valence-electron chi connectivity index (χ4n) is 5.26. The van der Waals surface area contributed by atoms with Crippen molar-refractivity contribution in [1.82, 2.24) is 29.9 Å². The van der Waals surface area contributed by atoms with Gasteiger partial charge in [0.25, 0.3) is 5.91 Å². The summed E-state index contributed by atoms with van der Waals surface area (Å²) in [5.41, 5.74) is 15.0. The van der Waals surface area contributed by atoms with Crippen LogP contribution in [0.5, 0.6) is 5.75 Å². The van der Waals surface area contributed by atoms with Crippen LogP contribution >= 0.6 is 23.2 Å². The van der Waals surface area contributed by atoms with E-state index in [4.69, 9.17) is 44.4 Å². The molecule has 1 amide bonds. The smallest absolute Gasteiger partial charge is 0.268 e. The number of rotatable bonds is 5. The van der Waals surface area contributed by atoms with Gasteiger partial charge in [-0.1, -0.05) is 41.4 Å². The lowest BCUT2D eigenvalue weighted by atomic mass is 9.81. The SMILES string of the molecule is COc1ccccc1C1(N)CCN(c2nc(C(N)=O)c3c(-c4ccc5nn(C)c(Cl)c5c4Cl)n[nH]c3n2)CC1. The van der Waals surface area contributed by atoms with Crippen LogP contribution in [0.1, 0.15) is 28.9 Å². The van der Waals surface area contributed by atoms with Gasteiger partial charge in [-0.3, -0.25) is 14.6 Å². The molecular formula is C26H25Cl2N9O2. The lowest BCUT2D eigenvalue weighted by Gasteiger charge is -2.40. The van der Waals surface area contributed by atoms with Gasteiger partial charge in [-0.05, 0) is 31.0 Å². The molecule has 0 unspecified atom stereocenters. The molecule has 1 fully saturated rings. The predicted molar refractivity (Wildman–Crippen MR) is 150 cm³/mol. The summed E-state index contributed by atoms with van der Waals surface area (Å²) in [5.74, 6) is 0.420. The summed E-state index contributed by atoms with van der Waals surface area (Å²) in [5, 5.41) is 13.4. The zero-order valence-corrected chi connectivity index (χ0v) is 22.7. The molecule has 4 heterocycles. The van der Waals surface area contributed by atoms with Crippen molar-refractivity contribution in [2.75, 3.05) is 25.1 Å². The topological polar surface area (TPSA) is 154 Å². The van der Waals surface area contributed by atoms with Crippen molar-refractivity contribution in [2.24, 2.45) is 18.5 Å². The average Bonchev–Trinajstić information content (AvgIpc) is 3.49. The molecule has 0 atom stereocenters. The number of halogens is 2. The van der Waals surface area contributed by atoms with E-state index in [1.165, 1.54) is 4.68 Å². The molecule has 200 valence electrons. The molecule has 2 aromatic carbocycles. The number of hydrogen-bond acceptors (Lipinski definition) is 8. The molecule has 5 N–H and O–H groups in total. The third kappa shape index (κ3) is 4.05. The van der Waals surface area contributed by atoms with Crippen molar-refractivity contribution in [3.05, 3.63) is 57.8 Å². The minimum Gasteiger partial charge on any atom is -0.496 e. The lowest BCUT2D eigenvalue weighted by Crippen LogP contribution is -2.48. The molecule has 3 aromatic heterocycles. The van der Waals surface area contributed by atoms with E-state index in [1.54, 1.807) is 26.3 Å². The molecule has 0 spiro atoms. The fraction of sp³-hybridized carbons (Fsp3) is 0.269. The van der Waals surface area contributed by atoms with Crippen molar-refractivity contribution in [3.63, 3.8) is 0 Å². The normalized spacial score (nSPS) is 15.3. The number of aromatic amines is 1. The van der Waals surface area contributed by atoms with E-state index < -0.39 is 11.4 Å². The number of ether oxygens (including phenoxy) is 1. The number of aromatic nitrogens is 6. The van der Waals surface area contributed by atoms with Crippen LogP contribution in [0.3, 0.4) is 0 Å². The highest BCUT2D eigenvalue weighted by Gasteiger charge is 2.36. The van der Waals surface area contributed by atoms with Gasteiger partial charge in [-0.15, -0.1) is 0 Å². The van der Waals surface area contributed by atoms with E-state index in [2.05, 4.69) is 20.3 Å². The van der Waals surface area contributed by atoms with E-state index >= 15 is 0 Å². The summed E-state index contributed by atoms with van der Waals surface area (Å²) < 4.78 is 7.08. The van der Waals surface area contributed by atoms with E-state index in [1.807, 2.05) is 29.2 Å². The second kappa shape index (κ2) is 9.37. The molecule has 39 heavy (non-hydrogen) atoms. The number of amides is 1. The highest BCUT2D eigenvalue weighted by Crippen LogP contribution is 2.40. The Hall–Kier alpha value is -3.93. The fourth-order valence-corrected chi connectivity index (χ4v) is 5.88. The molecule has 0 bridgehead atoms. The number of piperidine rings is 1. The van der Waals surface area contributed by atoms with Gasteiger partial charge >= 0.3 is 0 Å². The molecule has 5 aromatic rings. The number of carbonyl (C=O) groups excluding carboxylic acids is 1. The van der Waals surface area contributed by atoms with Crippen LogP contribution in [-0.2, 0) is 12.6 Å². The van der Waals surface area contributed by atoms with Gasteiger partial charge in [0.1, 0.15) is 22.3 Å². The molecule has 13 heteroatoms. The first-order chi connectivity index (χ1) is 18.7. The van der Waals surface area contributed by atoms with Crippen LogP contribution < -0.4 is 21.1 Å². The van der Waals surface area contributed by atoms with Crippen LogP contribution in [-0.4, -0.2) is 56.1 Å². The summed E-state index contributed by atoms with van der Waals surface area (Å²) in [6, 6.07) is 11.3. The zero-order chi connectivity index (χ0) is 27.5. The van der Waals surface area contributed by atoms with Crippen molar-refractivity contribution in [2.45, 2.75) is 18.4 Å². The molecule has 11 nitrogen and oxygen atoms in total. The molecule has 0 radical (unpaired) electrons. The number of nitrogens with zero attached hydrogens (tertiary/aromatic N) is 6. The number of methoxy groups -OCH3 is 1. The second-order valence-corrected chi connectivity index (χ2v) is 10.3. The number of carbonyl (C=O) groups is 1. The van der Waals surface area contributed by atoms with Crippen molar-refractivity contribution < 1.29 is 9.53 Å². The van der Waals surface area contributed by atoms with Gasteiger partial charge in [0.2, 0.25) is 5.95 Å². The number of primary amides is 1. The maximum absolute atomic E-state index is 12.6. The van der Waals surface area contributed by atoms with Gasteiger partial charge in [0, 0.05) is 36.8 Å². The largest absolute Gasteiger partial charge is 0.496 e. The Morgan fingerprint density at radius 1 is 1.10 bits per heavy atom. The quantitative estimate of drug-likeness (QED) is 0.291. The first kappa shape index (κ1) is 25.4. The number of aryl methyl sites for hydroxylation is 1. The van der Waals surface area contributed by atoms with E-state index in [-0.39, 0.29) is 5.69 Å². The van der Waals surface area contributed by atoms with Crippen molar-refractivity contribution in [1.29, 1.82) is 0 Å². The monoisotopic (exact) mass is 565 g/mol. The Labute approximate surface area is 233 Å². The highest BCUT2D eigenvalue weighted by atomic mass is 35.5. The summed E-state index contributed by atoms with van der Waals surface area (Å²) in [4.78, 5) is 23.9. The lowest BCUT2D eigenvalue weighted by molar-refractivity contribution is 0.0997. The Balaban J connectivity index is 1.38. The van der Waals surface area contributed by atoms with Crippen LogP contribution in [0, 0.1) is 0 Å². The predicted octanol–water partition coefficient (Wildman–Crippen LogP) is 3.78. The van der Waals surface area contributed by atoms with E-state index in [0.29, 0.717) is 75.2 Å². The molecule has 6 rings (SSSR count). The minimum absolute atomic E-state index is 0.0431. The average molecular weight is 566 g/mol. The molecule has 1 saturated heterocycles. The van der Waals surface area contributed by atoms with Gasteiger partial charge in [0.15, 0.2) is 5.65 Å².